The molecule has 4 N–H and O–H groups in total. The zero-order chi connectivity index (χ0) is 9.14. The van der Waals surface area contributed by atoms with Crippen molar-refractivity contribution in [2.24, 2.45) is 4.99 Å². The Morgan fingerprint density at radius 3 is 2.15 bits per heavy atom. The van der Waals surface area contributed by atoms with Gasteiger partial charge in [0.05, 0.1) is 6.20 Å². The van der Waals surface area contributed by atoms with Gasteiger partial charge in [-0.25, -0.2) is 14.6 Å². The van der Waals surface area contributed by atoms with Crippen LogP contribution in [0.2, 0.25) is 0 Å². The Hall–Kier alpha value is -1.05. The number of nitrogens with one attached hydrogen (secondary N) is 2. The number of hydrazine groups is 1. The van der Waals surface area contributed by atoms with E-state index in [2.05, 4.69) is 15.8 Å². The second-order valence-electron chi connectivity index (χ2n) is 1.88. The average molecular weight is 194 g/mol. The number of aliphatic carboxylic acids is 2. The molecule has 1 rings (SSSR count). The van der Waals surface area contributed by atoms with Gasteiger partial charge in [-0.15, -0.1) is 0 Å². The van der Waals surface area contributed by atoms with Crippen molar-refractivity contribution in [2.45, 2.75) is 0 Å². The van der Waals surface area contributed by atoms with Gasteiger partial charge in [-0.05, 0) is 0 Å². The van der Waals surface area contributed by atoms with Crippen molar-refractivity contribution in [2.75, 3.05) is 0 Å². The second-order valence-corrected chi connectivity index (χ2v) is 1.88. The number of hydrogen-bond donors (Lipinski definition) is 4. The van der Waals surface area contributed by atoms with Crippen LogP contribution in [0.1, 0.15) is 0 Å². The molecule has 1 heterocycles. The van der Waals surface area contributed by atoms with Crippen LogP contribution in [-0.4, -0.2) is 28.0 Å². The third-order valence-electron chi connectivity index (χ3n) is 1.07. The predicted octanol–water partition coefficient (Wildman–Crippen LogP) is -4.49. The van der Waals surface area contributed by atoms with Crippen molar-refractivity contribution in [3.05, 3.63) is 11.9 Å². The first kappa shape index (κ1) is 11.9. The summed E-state index contributed by atoms with van der Waals surface area (Å²) < 4.78 is 0. The van der Waals surface area contributed by atoms with Gasteiger partial charge >= 0.3 is 41.5 Å². The van der Waals surface area contributed by atoms with E-state index in [4.69, 9.17) is 10.2 Å². The standard InChI is InChI=1S/C5H5N3O4.Na/c9-4(10)2-1-6-3(5(11)12)8-7-2;/h1,7H,(H,6,8)(H,9,10)(H,11,12);/q;+1. The predicted molar refractivity (Wildman–Crippen MR) is 37.1 cm³/mol. The first-order valence-corrected chi connectivity index (χ1v) is 2.88. The number of carbonyl (C=O) groups is 2. The van der Waals surface area contributed by atoms with Crippen LogP contribution in [0.25, 0.3) is 0 Å². The first-order valence-electron chi connectivity index (χ1n) is 2.88. The van der Waals surface area contributed by atoms with Crippen LogP contribution < -0.4 is 40.4 Å². The largest absolute Gasteiger partial charge is 1.00 e. The van der Waals surface area contributed by atoms with Crippen molar-refractivity contribution in [3.8, 4) is 0 Å². The van der Waals surface area contributed by atoms with Crippen LogP contribution >= 0.6 is 0 Å². The molecule has 7 nitrogen and oxygen atoms in total. The maximum atomic E-state index is 10.2. The van der Waals surface area contributed by atoms with Crippen molar-refractivity contribution >= 4 is 17.8 Å². The number of carboxylic acid groups (broad SMARTS) is 2. The smallest absolute Gasteiger partial charge is 0.476 e. The Kier molecular flexibility index (Phi) is 4.46. The Morgan fingerprint density at radius 1 is 1.23 bits per heavy atom. The zero-order valence-corrected chi connectivity index (χ0v) is 8.74. The molecular formula is C5H5N3NaO4+. The molecule has 0 unspecified atom stereocenters. The third kappa shape index (κ3) is 3.05. The molecule has 1 aliphatic heterocycles. The molecule has 0 saturated heterocycles. The first-order chi connectivity index (χ1) is 5.61. The van der Waals surface area contributed by atoms with E-state index < -0.39 is 11.9 Å². The summed E-state index contributed by atoms with van der Waals surface area (Å²) in [5.41, 5.74) is 4.04. The van der Waals surface area contributed by atoms with Gasteiger partial charge in [0.25, 0.3) is 0 Å². The van der Waals surface area contributed by atoms with Crippen molar-refractivity contribution in [1.82, 2.24) is 10.9 Å². The summed E-state index contributed by atoms with van der Waals surface area (Å²) >= 11 is 0. The molecular weight excluding hydrogens is 189 g/mol. The minimum absolute atomic E-state index is 0. The van der Waals surface area contributed by atoms with E-state index in [0.717, 1.165) is 6.20 Å². The molecule has 0 saturated carbocycles. The van der Waals surface area contributed by atoms with Crippen molar-refractivity contribution in [3.63, 3.8) is 0 Å². The SMILES string of the molecule is O=C(O)C1=CN=C(C(=O)O)NN1.[Na+]. The van der Waals surface area contributed by atoms with E-state index in [0.29, 0.717) is 0 Å². The second kappa shape index (κ2) is 4.85. The molecule has 0 aromatic heterocycles. The summed E-state index contributed by atoms with van der Waals surface area (Å²) in [6.45, 7) is 0. The summed E-state index contributed by atoms with van der Waals surface area (Å²) in [4.78, 5) is 23.8. The Balaban J connectivity index is 0.00000144. The fourth-order valence-corrected chi connectivity index (χ4v) is 0.538. The summed E-state index contributed by atoms with van der Waals surface area (Å²) in [7, 11) is 0. The van der Waals surface area contributed by atoms with E-state index in [-0.39, 0.29) is 41.1 Å². The van der Waals surface area contributed by atoms with E-state index in [1.165, 1.54) is 0 Å². The Labute approximate surface area is 94.8 Å². The maximum Gasteiger partial charge on any atom is 1.00 e. The van der Waals surface area contributed by atoms with Crippen LogP contribution in [0.15, 0.2) is 16.9 Å². The van der Waals surface area contributed by atoms with Gasteiger partial charge in [0.15, 0.2) is 5.70 Å². The molecule has 0 spiro atoms. The molecule has 0 amide bonds. The van der Waals surface area contributed by atoms with E-state index in [9.17, 15) is 9.59 Å². The van der Waals surface area contributed by atoms with Gasteiger partial charge in [-0.2, -0.15) is 0 Å². The summed E-state index contributed by atoms with van der Waals surface area (Å²) in [6, 6.07) is 0. The molecule has 64 valence electrons. The van der Waals surface area contributed by atoms with E-state index >= 15 is 0 Å². The fraction of sp³-hybridized carbons (Fsp3) is 0. The number of hydrogen-bond acceptors (Lipinski definition) is 5. The molecule has 0 fully saturated rings. The van der Waals surface area contributed by atoms with Crippen LogP contribution in [0, 0.1) is 0 Å². The molecule has 8 heteroatoms. The molecule has 0 bridgehead atoms. The number of aliphatic imine (C=N–C) groups is 1. The van der Waals surface area contributed by atoms with E-state index in [1.807, 2.05) is 0 Å². The number of nitrogens with zero attached hydrogens (tertiary/aromatic N) is 1. The van der Waals surface area contributed by atoms with Crippen LogP contribution in [0.5, 0.6) is 0 Å². The molecule has 13 heavy (non-hydrogen) atoms. The van der Waals surface area contributed by atoms with Crippen LogP contribution in [0.4, 0.5) is 0 Å². The molecule has 0 aromatic carbocycles. The zero-order valence-electron chi connectivity index (χ0n) is 6.74. The number of rotatable bonds is 2. The maximum absolute atomic E-state index is 10.2. The van der Waals surface area contributed by atoms with Gasteiger partial charge in [0.1, 0.15) is 0 Å². The topological polar surface area (TPSA) is 111 Å². The quantitative estimate of drug-likeness (QED) is 0.330. The van der Waals surface area contributed by atoms with Gasteiger partial charge in [0.2, 0.25) is 5.84 Å². The summed E-state index contributed by atoms with van der Waals surface area (Å²) in [5, 5.41) is 16.7. The van der Waals surface area contributed by atoms with Gasteiger partial charge < -0.3 is 10.2 Å². The number of amidine groups is 1. The average Bonchev–Trinajstić information content (AvgIpc) is 2.04. The third-order valence-corrected chi connectivity index (χ3v) is 1.07. The minimum Gasteiger partial charge on any atom is -0.476 e. The molecule has 0 aromatic rings. The summed E-state index contributed by atoms with van der Waals surface area (Å²) in [6.07, 6.45) is 0.919. The minimum atomic E-state index is -1.26. The molecule has 1 aliphatic rings. The monoisotopic (exact) mass is 194 g/mol. The number of carboxylic acids is 2. The van der Waals surface area contributed by atoms with E-state index in [1.54, 1.807) is 0 Å². The Bertz CT molecular complexity index is 268. The van der Waals surface area contributed by atoms with Gasteiger partial charge in [-0.1, -0.05) is 0 Å². The molecule has 0 atom stereocenters. The Morgan fingerprint density at radius 2 is 1.85 bits per heavy atom. The van der Waals surface area contributed by atoms with Gasteiger partial charge in [0, 0.05) is 0 Å². The van der Waals surface area contributed by atoms with Crippen LogP contribution in [-0.2, 0) is 9.59 Å². The fourth-order valence-electron chi connectivity index (χ4n) is 0.538. The van der Waals surface area contributed by atoms with Crippen molar-refractivity contribution < 1.29 is 49.4 Å². The van der Waals surface area contributed by atoms with Crippen molar-refractivity contribution in [1.29, 1.82) is 0 Å². The van der Waals surface area contributed by atoms with Gasteiger partial charge in [-0.3, -0.25) is 10.9 Å². The molecule has 0 radical (unpaired) electrons. The summed E-state index contributed by atoms with van der Waals surface area (Å²) in [5.74, 6) is -2.82. The molecule has 0 aliphatic carbocycles. The normalized spacial score (nSPS) is 13.8. The van der Waals surface area contributed by atoms with Crippen LogP contribution in [0.3, 0.4) is 0 Å².